The summed E-state index contributed by atoms with van der Waals surface area (Å²) in [4.78, 5) is 2.11. The molecule has 2 heteroatoms. The fraction of sp³-hybridized carbons (Fsp3) is 0.200. The number of hydrogen-bond donors (Lipinski definition) is 1. The van der Waals surface area contributed by atoms with E-state index >= 15 is 0 Å². The normalized spacial score (nSPS) is 10.2. The molecule has 2 rings (SSSR count). The molecule has 0 bridgehead atoms. The van der Waals surface area contributed by atoms with Crippen molar-refractivity contribution in [1.29, 1.82) is 0 Å². The Morgan fingerprint density at radius 2 is 2.06 bits per heavy atom. The average molecular weight is 225 g/mol. The van der Waals surface area contributed by atoms with Crippen LogP contribution in [-0.2, 0) is 6.42 Å². The predicted octanol–water partition coefficient (Wildman–Crippen LogP) is 2.73. The van der Waals surface area contributed by atoms with Gasteiger partial charge in [-0.1, -0.05) is 24.3 Å². The maximum absolute atomic E-state index is 5.79. The summed E-state index contributed by atoms with van der Waals surface area (Å²) in [6.07, 6.45) is 0.896. The highest BCUT2D eigenvalue weighted by Gasteiger charge is 2.04. The molecule has 0 aliphatic carbocycles. The van der Waals surface area contributed by atoms with Crippen LogP contribution in [0, 0.1) is 6.07 Å². The standard InChI is InChI=1S/C15H17N2/c1-17(2)15-9-4-3-7-13(15)10-12-6-5-8-14(16)11-12/h3,5-9,11H,10,16H2,1-2H3. The van der Waals surface area contributed by atoms with E-state index in [9.17, 15) is 0 Å². The molecule has 0 aliphatic rings. The third-order valence-corrected chi connectivity index (χ3v) is 2.76. The first-order valence-corrected chi connectivity index (χ1v) is 5.67. The van der Waals surface area contributed by atoms with Crippen molar-refractivity contribution >= 4 is 11.4 Å². The van der Waals surface area contributed by atoms with E-state index in [-0.39, 0.29) is 0 Å². The van der Waals surface area contributed by atoms with Crippen LogP contribution in [0.2, 0.25) is 0 Å². The number of hydrogen-bond acceptors (Lipinski definition) is 2. The lowest BCUT2D eigenvalue weighted by molar-refractivity contribution is 1.08. The molecule has 2 aromatic carbocycles. The Morgan fingerprint density at radius 3 is 2.76 bits per heavy atom. The van der Waals surface area contributed by atoms with Crippen molar-refractivity contribution in [1.82, 2.24) is 0 Å². The van der Waals surface area contributed by atoms with Gasteiger partial charge >= 0.3 is 0 Å². The number of rotatable bonds is 3. The van der Waals surface area contributed by atoms with Crippen molar-refractivity contribution in [2.45, 2.75) is 6.42 Å². The van der Waals surface area contributed by atoms with Crippen molar-refractivity contribution in [3.8, 4) is 0 Å². The van der Waals surface area contributed by atoms with Crippen LogP contribution in [-0.4, -0.2) is 14.1 Å². The van der Waals surface area contributed by atoms with Crippen LogP contribution in [0.4, 0.5) is 11.4 Å². The smallest absolute Gasteiger partial charge is 0.0403 e. The van der Waals surface area contributed by atoms with E-state index in [1.807, 2.05) is 44.4 Å². The van der Waals surface area contributed by atoms with E-state index in [4.69, 9.17) is 5.73 Å². The van der Waals surface area contributed by atoms with Crippen LogP contribution >= 0.6 is 0 Å². The zero-order valence-corrected chi connectivity index (χ0v) is 10.3. The monoisotopic (exact) mass is 225 g/mol. The van der Waals surface area contributed by atoms with Crippen molar-refractivity contribution < 1.29 is 0 Å². The lowest BCUT2D eigenvalue weighted by atomic mass is 10.0. The summed E-state index contributed by atoms with van der Waals surface area (Å²) in [5.41, 5.74) is 10.3. The SMILES string of the molecule is CN(C)c1c[c]ccc1Cc1cccc(N)c1. The topological polar surface area (TPSA) is 29.3 Å². The first-order chi connectivity index (χ1) is 8.16. The van der Waals surface area contributed by atoms with Crippen LogP contribution in [0.1, 0.15) is 11.1 Å². The van der Waals surface area contributed by atoms with Gasteiger partial charge in [0.15, 0.2) is 0 Å². The van der Waals surface area contributed by atoms with Gasteiger partial charge in [0.1, 0.15) is 0 Å². The van der Waals surface area contributed by atoms with Crippen molar-refractivity contribution in [2.24, 2.45) is 0 Å². The molecule has 0 saturated carbocycles. The summed E-state index contributed by atoms with van der Waals surface area (Å²) in [6, 6.07) is 17.2. The molecule has 2 nitrogen and oxygen atoms in total. The molecule has 0 amide bonds. The van der Waals surface area contributed by atoms with Gasteiger partial charge in [-0.2, -0.15) is 0 Å². The molecule has 0 heterocycles. The predicted molar refractivity (Wildman–Crippen MR) is 73.3 cm³/mol. The molecule has 0 fully saturated rings. The molecule has 2 N–H and O–H groups in total. The van der Waals surface area contributed by atoms with E-state index in [0.29, 0.717) is 0 Å². The first-order valence-electron chi connectivity index (χ1n) is 5.67. The van der Waals surface area contributed by atoms with Gasteiger partial charge in [-0.15, -0.1) is 0 Å². The largest absolute Gasteiger partial charge is 0.399 e. The van der Waals surface area contributed by atoms with E-state index in [0.717, 1.165) is 12.1 Å². The fourth-order valence-electron chi connectivity index (χ4n) is 1.94. The van der Waals surface area contributed by atoms with Gasteiger partial charge in [0, 0.05) is 25.5 Å². The number of nitrogens with two attached hydrogens (primary N) is 1. The number of anilines is 2. The molecule has 0 saturated heterocycles. The zero-order valence-electron chi connectivity index (χ0n) is 10.3. The minimum Gasteiger partial charge on any atom is -0.399 e. The lowest BCUT2D eigenvalue weighted by Gasteiger charge is -2.17. The molecule has 87 valence electrons. The molecule has 0 aromatic heterocycles. The van der Waals surface area contributed by atoms with Crippen LogP contribution in [0.3, 0.4) is 0 Å². The molecule has 0 atom stereocenters. The molecule has 0 spiro atoms. The summed E-state index contributed by atoms with van der Waals surface area (Å²) in [6.45, 7) is 0. The third kappa shape index (κ3) is 2.78. The maximum atomic E-state index is 5.79. The second kappa shape index (κ2) is 4.91. The number of benzene rings is 2. The molecule has 2 aromatic rings. The highest BCUT2D eigenvalue weighted by atomic mass is 15.1. The Morgan fingerprint density at radius 1 is 1.24 bits per heavy atom. The average Bonchev–Trinajstić information content (AvgIpc) is 2.29. The van der Waals surface area contributed by atoms with Crippen molar-refractivity contribution in [3.05, 3.63) is 59.7 Å². The molecule has 17 heavy (non-hydrogen) atoms. The minimum absolute atomic E-state index is 0.816. The van der Waals surface area contributed by atoms with Gasteiger partial charge in [-0.3, -0.25) is 0 Å². The zero-order chi connectivity index (χ0) is 12.3. The third-order valence-electron chi connectivity index (χ3n) is 2.76. The maximum Gasteiger partial charge on any atom is 0.0403 e. The Kier molecular flexibility index (Phi) is 3.33. The van der Waals surface area contributed by atoms with Gasteiger partial charge in [0.2, 0.25) is 0 Å². The molecule has 0 aliphatic heterocycles. The second-order valence-corrected chi connectivity index (χ2v) is 4.37. The van der Waals surface area contributed by atoms with Crippen molar-refractivity contribution in [2.75, 3.05) is 24.7 Å². The molecular formula is C15H17N2. The van der Waals surface area contributed by atoms with E-state index in [1.165, 1.54) is 16.8 Å². The summed E-state index contributed by atoms with van der Waals surface area (Å²) >= 11 is 0. The molecule has 1 radical (unpaired) electrons. The Hall–Kier alpha value is -1.96. The van der Waals surface area contributed by atoms with Crippen LogP contribution in [0.5, 0.6) is 0 Å². The Labute approximate surface area is 103 Å². The highest BCUT2D eigenvalue weighted by Crippen LogP contribution is 2.21. The van der Waals surface area contributed by atoms with Gasteiger partial charge < -0.3 is 10.6 Å². The van der Waals surface area contributed by atoms with E-state index in [1.54, 1.807) is 0 Å². The minimum atomic E-state index is 0.816. The summed E-state index contributed by atoms with van der Waals surface area (Å²) in [5.74, 6) is 0. The van der Waals surface area contributed by atoms with E-state index < -0.39 is 0 Å². The summed E-state index contributed by atoms with van der Waals surface area (Å²) < 4.78 is 0. The van der Waals surface area contributed by atoms with Crippen LogP contribution in [0.15, 0.2) is 42.5 Å². The van der Waals surface area contributed by atoms with Crippen LogP contribution in [0.25, 0.3) is 0 Å². The highest BCUT2D eigenvalue weighted by molar-refractivity contribution is 5.54. The molecule has 0 unspecified atom stereocenters. The second-order valence-electron chi connectivity index (χ2n) is 4.37. The quantitative estimate of drug-likeness (QED) is 0.814. The Balaban J connectivity index is 2.30. The fourth-order valence-corrected chi connectivity index (χ4v) is 1.94. The van der Waals surface area contributed by atoms with Gasteiger partial charge in [-0.25, -0.2) is 0 Å². The lowest BCUT2D eigenvalue weighted by Crippen LogP contribution is -2.11. The van der Waals surface area contributed by atoms with Crippen molar-refractivity contribution in [3.63, 3.8) is 0 Å². The Bertz CT molecular complexity index is 504. The summed E-state index contributed by atoms with van der Waals surface area (Å²) in [7, 11) is 4.10. The van der Waals surface area contributed by atoms with Gasteiger partial charge in [0.25, 0.3) is 0 Å². The first kappa shape index (κ1) is 11.5. The van der Waals surface area contributed by atoms with Gasteiger partial charge in [-0.05, 0) is 41.8 Å². The summed E-state index contributed by atoms with van der Waals surface area (Å²) in [5, 5.41) is 0. The molecular weight excluding hydrogens is 208 g/mol. The van der Waals surface area contributed by atoms with Gasteiger partial charge in [0.05, 0.1) is 0 Å². The van der Waals surface area contributed by atoms with Crippen LogP contribution < -0.4 is 10.6 Å². The number of nitrogens with zero attached hydrogens (tertiary/aromatic N) is 1. The van der Waals surface area contributed by atoms with E-state index in [2.05, 4.69) is 23.1 Å². The number of nitrogen functional groups attached to an aromatic ring is 1.